The summed E-state index contributed by atoms with van der Waals surface area (Å²) in [4.78, 5) is 28.1. The van der Waals surface area contributed by atoms with Gasteiger partial charge in [0.15, 0.2) is 0 Å². The van der Waals surface area contributed by atoms with Gasteiger partial charge in [-0.3, -0.25) is 13.9 Å². The second kappa shape index (κ2) is 12.2. The summed E-state index contributed by atoms with van der Waals surface area (Å²) in [5.41, 5.74) is 2.75. The molecule has 2 rings (SSSR count). The SMILES string of the molecule is CCC(C)NC(=O)C(CC)N(Cc1ccc(F)cc1)C(=O)CN(c1cc(C)cc(C)c1)S(C)(=O)=O. The fraction of sp³-hybridized carbons (Fsp3) is 0.462. The average molecular weight is 506 g/mol. The first-order chi connectivity index (χ1) is 16.3. The number of aryl methyl sites for hydroxylation is 2. The van der Waals surface area contributed by atoms with Crippen molar-refractivity contribution < 1.29 is 22.4 Å². The van der Waals surface area contributed by atoms with Gasteiger partial charge in [0, 0.05) is 12.6 Å². The molecule has 2 atom stereocenters. The van der Waals surface area contributed by atoms with Crippen LogP contribution in [0.5, 0.6) is 0 Å². The van der Waals surface area contributed by atoms with Crippen LogP contribution in [-0.2, 0) is 26.2 Å². The van der Waals surface area contributed by atoms with E-state index in [2.05, 4.69) is 5.32 Å². The average Bonchev–Trinajstić information content (AvgIpc) is 2.76. The van der Waals surface area contributed by atoms with Gasteiger partial charge in [-0.2, -0.15) is 0 Å². The number of carbonyl (C=O) groups excluding carboxylic acids is 2. The number of hydrogen-bond acceptors (Lipinski definition) is 4. The standard InChI is InChI=1S/C26H36FN3O4S/c1-7-20(5)28-26(32)24(8-2)29(16-21-9-11-22(27)12-10-21)25(31)17-30(35(6,33)34)23-14-18(3)13-19(4)15-23/h9-15,20,24H,7-8,16-17H2,1-6H3,(H,28,32). The minimum atomic E-state index is -3.80. The lowest BCUT2D eigenvalue weighted by atomic mass is 10.1. The quantitative estimate of drug-likeness (QED) is 0.501. The van der Waals surface area contributed by atoms with Gasteiger partial charge >= 0.3 is 0 Å². The Morgan fingerprint density at radius 1 is 1.00 bits per heavy atom. The molecule has 192 valence electrons. The number of nitrogens with zero attached hydrogens (tertiary/aromatic N) is 2. The summed E-state index contributed by atoms with van der Waals surface area (Å²) in [6.45, 7) is 8.90. The molecule has 0 radical (unpaired) electrons. The molecule has 0 bridgehead atoms. The lowest BCUT2D eigenvalue weighted by molar-refractivity contribution is -0.140. The number of rotatable bonds is 11. The Morgan fingerprint density at radius 2 is 1.57 bits per heavy atom. The summed E-state index contributed by atoms with van der Waals surface area (Å²) >= 11 is 0. The van der Waals surface area contributed by atoms with Crippen LogP contribution in [0.1, 0.15) is 50.3 Å². The van der Waals surface area contributed by atoms with E-state index in [-0.39, 0.29) is 18.5 Å². The second-order valence-electron chi connectivity index (χ2n) is 9.01. The lowest BCUT2D eigenvalue weighted by Gasteiger charge is -2.33. The fourth-order valence-electron chi connectivity index (χ4n) is 3.86. The summed E-state index contributed by atoms with van der Waals surface area (Å²) in [6.07, 6.45) is 2.11. The summed E-state index contributed by atoms with van der Waals surface area (Å²) in [6, 6.07) is 10.1. The van der Waals surface area contributed by atoms with E-state index < -0.39 is 34.3 Å². The van der Waals surface area contributed by atoms with Crippen LogP contribution in [0.3, 0.4) is 0 Å². The van der Waals surface area contributed by atoms with E-state index in [4.69, 9.17) is 0 Å². The van der Waals surface area contributed by atoms with Gasteiger partial charge in [0.1, 0.15) is 18.4 Å². The molecular weight excluding hydrogens is 469 g/mol. The van der Waals surface area contributed by atoms with Crippen molar-refractivity contribution in [3.05, 3.63) is 65.0 Å². The Bertz CT molecular complexity index is 1120. The predicted octanol–water partition coefficient (Wildman–Crippen LogP) is 3.93. The van der Waals surface area contributed by atoms with Crippen LogP contribution in [-0.4, -0.2) is 50.0 Å². The number of benzene rings is 2. The minimum Gasteiger partial charge on any atom is -0.352 e. The molecule has 2 aromatic carbocycles. The monoisotopic (exact) mass is 505 g/mol. The molecule has 0 aromatic heterocycles. The van der Waals surface area contributed by atoms with Crippen molar-refractivity contribution in [3.8, 4) is 0 Å². The van der Waals surface area contributed by atoms with Crippen LogP contribution in [0.2, 0.25) is 0 Å². The minimum absolute atomic E-state index is 0.0377. The van der Waals surface area contributed by atoms with E-state index in [0.717, 1.165) is 28.1 Å². The normalized spacial score (nSPS) is 13.1. The third-order valence-corrected chi connectivity index (χ3v) is 6.97. The van der Waals surface area contributed by atoms with Crippen molar-refractivity contribution in [2.75, 3.05) is 17.1 Å². The molecule has 1 N–H and O–H groups in total. The number of hydrogen-bond donors (Lipinski definition) is 1. The van der Waals surface area contributed by atoms with Gasteiger partial charge in [-0.15, -0.1) is 0 Å². The molecule has 2 amide bonds. The molecule has 9 heteroatoms. The molecule has 0 fully saturated rings. The van der Waals surface area contributed by atoms with Crippen molar-refractivity contribution in [2.45, 2.75) is 66.1 Å². The predicted molar refractivity (Wildman–Crippen MR) is 137 cm³/mol. The Labute approximate surface area is 208 Å². The van der Waals surface area contributed by atoms with E-state index >= 15 is 0 Å². The summed E-state index contributed by atoms with van der Waals surface area (Å²) in [5, 5.41) is 2.92. The first kappa shape index (κ1) is 28.3. The Hall–Kier alpha value is -2.94. The molecule has 0 aliphatic heterocycles. The van der Waals surface area contributed by atoms with Crippen molar-refractivity contribution >= 4 is 27.5 Å². The molecule has 35 heavy (non-hydrogen) atoms. The van der Waals surface area contributed by atoms with Crippen LogP contribution in [0.15, 0.2) is 42.5 Å². The molecule has 2 unspecified atom stereocenters. The largest absolute Gasteiger partial charge is 0.352 e. The second-order valence-corrected chi connectivity index (χ2v) is 10.9. The van der Waals surface area contributed by atoms with Gasteiger partial charge in [-0.05, 0) is 74.6 Å². The van der Waals surface area contributed by atoms with E-state index in [0.29, 0.717) is 17.7 Å². The van der Waals surface area contributed by atoms with E-state index in [9.17, 15) is 22.4 Å². The summed E-state index contributed by atoms with van der Waals surface area (Å²) < 4.78 is 39.9. The number of sulfonamides is 1. The number of nitrogens with one attached hydrogen (secondary N) is 1. The molecular formula is C26H36FN3O4S. The van der Waals surface area contributed by atoms with E-state index in [1.165, 1.54) is 17.0 Å². The molecule has 0 spiro atoms. The zero-order valence-electron chi connectivity index (χ0n) is 21.3. The molecule has 0 aliphatic carbocycles. The van der Waals surface area contributed by atoms with Gasteiger partial charge in [0.25, 0.3) is 0 Å². The maximum atomic E-state index is 13.6. The Balaban J connectivity index is 2.46. The summed E-state index contributed by atoms with van der Waals surface area (Å²) in [7, 11) is -3.80. The zero-order valence-corrected chi connectivity index (χ0v) is 22.2. The third kappa shape index (κ3) is 8.06. The van der Waals surface area contributed by atoms with Gasteiger partial charge in [0.05, 0.1) is 11.9 Å². The maximum Gasteiger partial charge on any atom is 0.244 e. The van der Waals surface area contributed by atoms with Gasteiger partial charge in [0.2, 0.25) is 21.8 Å². The van der Waals surface area contributed by atoms with Crippen molar-refractivity contribution in [2.24, 2.45) is 0 Å². The summed E-state index contributed by atoms with van der Waals surface area (Å²) in [5.74, 6) is -1.24. The smallest absolute Gasteiger partial charge is 0.244 e. The fourth-order valence-corrected chi connectivity index (χ4v) is 4.69. The molecule has 2 aromatic rings. The topological polar surface area (TPSA) is 86.8 Å². The van der Waals surface area contributed by atoms with Crippen molar-refractivity contribution in [1.29, 1.82) is 0 Å². The highest BCUT2D eigenvalue weighted by atomic mass is 32.2. The molecule has 0 saturated heterocycles. The molecule has 7 nitrogen and oxygen atoms in total. The Kier molecular flexibility index (Phi) is 9.82. The number of amides is 2. The number of halogens is 1. The first-order valence-electron chi connectivity index (χ1n) is 11.8. The van der Waals surface area contributed by atoms with Crippen LogP contribution < -0.4 is 9.62 Å². The Morgan fingerprint density at radius 3 is 2.06 bits per heavy atom. The highest BCUT2D eigenvalue weighted by Gasteiger charge is 2.32. The van der Waals surface area contributed by atoms with Crippen molar-refractivity contribution in [3.63, 3.8) is 0 Å². The van der Waals surface area contributed by atoms with Gasteiger partial charge in [-0.1, -0.05) is 32.0 Å². The van der Waals surface area contributed by atoms with Crippen LogP contribution >= 0.6 is 0 Å². The highest BCUT2D eigenvalue weighted by molar-refractivity contribution is 7.92. The number of anilines is 1. The highest BCUT2D eigenvalue weighted by Crippen LogP contribution is 2.22. The molecule has 0 aliphatic rings. The van der Waals surface area contributed by atoms with Crippen molar-refractivity contribution in [1.82, 2.24) is 10.2 Å². The van der Waals surface area contributed by atoms with Gasteiger partial charge in [-0.25, -0.2) is 12.8 Å². The lowest BCUT2D eigenvalue weighted by Crippen LogP contribution is -2.53. The molecule has 0 heterocycles. The molecule has 0 saturated carbocycles. The van der Waals surface area contributed by atoms with Crippen LogP contribution in [0.25, 0.3) is 0 Å². The third-order valence-electron chi connectivity index (χ3n) is 5.83. The zero-order chi connectivity index (χ0) is 26.3. The van der Waals surface area contributed by atoms with E-state index in [1.807, 2.05) is 33.8 Å². The van der Waals surface area contributed by atoms with Crippen LogP contribution in [0, 0.1) is 19.7 Å². The van der Waals surface area contributed by atoms with E-state index in [1.54, 1.807) is 31.2 Å². The van der Waals surface area contributed by atoms with Gasteiger partial charge < -0.3 is 10.2 Å². The van der Waals surface area contributed by atoms with Crippen LogP contribution in [0.4, 0.5) is 10.1 Å². The maximum absolute atomic E-state index is 13.6. The first-order valence-corrected chi connectivity index (χ1v) is 13.6. The number of carbonyl (C=O) groups is 2.